The van der Waals surface area contributed by atoms with Crippen LogP contribution >= 0.6 is 0 Å². The van der Waals surface area contributed by atoms with Gasteiger partial charge in [-0.3, -0.25) is 4.79 Å². The summed E-state index contributed by atoms with van der Waals surface area (Å²) in [5.74, 6) is -0.355. The number of benzene rings is 1. The van der Waals surface area contributed by atoms with Crippen molar-refractivity contribution < 1.29 is 13.9 Å². The first kappa shape index (κ1) is 11.3. The van der Waals surface area contributed by atoms with E-state index >= 15 is 0 Å². The number of carbonyl (C=O) groups is 1. The first-order chi connectivity index (χ1) is 8.22. The van der Waals surface area contributed by atoms with E-state index in [0.717, 1.165) is 0 Å². The highest BCUT2D eigenvalue weighted by molar-refractivity contribution is 5.79. The van der Waals surface area contributed by atoms with Gasteiger partial charge in [-0.1, -0.05) is 12.1 Å². The van der Waals surface area contributed by atoms with Gasteiger partial charge in [0.25, 0.3) is 5.88 Å². The van der Waals surface area contributed by atoms with E-state index in [1.54, 1.807) is 37.3 Å². The lowest BCUT2D eigenvalue weighted by Gasteiger charge is -2.08. The molecule has 0 spiro atoms. The van der Waals surface area contributed by atoms with Gasteiger partial charge in [-0.2, -0.15) is 0 Å². The maximum atomic E-state index is 13.6. The van der Waals surface area contributed by atoms with Crippen molar-refractivity contribution in [1.82, 2.24) is 4.98 Å². The van der Waals surface area contributed by atoms with E-state index in [-0.39, 0.29) is 5.88 Å². The molecular weight excluding hydrogens is 221 g/mol. The Kier molecular flexibility index (Phi) is 3.14. The first-order valence-electron chi connectivity index (χ1n) is 5.05. The molecule has 1 aromatic heterocycles. The van der Waals surface area contributed by atoms with Gasteiger partial charge in [-0.05, 0) is 30.7 Å². The highest BCUT2D eigenvalue weighted by atomic mass is 19.1. The molecule has 1 aromatic carbocycles. The Morgan fingerprint density at radius 2 is 2.06 bits per heavy atom. The van der Waals surface area contributed by atoms with Crippen molar-refractivity contribution in [2.45, 2.75) is 6.92 Å². The zero-order valence-electron chi connectivity index (χ0n) is 9.18. The van der Waals surface area contributed by atoms with Crippen molar-refractivity contribution in [2.75, 3.05) is 0 Å². The summed E-state index contributed by atoms with van der Waals surface area (Å²) in [5, 5.41) is 0. The van der Waals surface area contributed by atoms with E-state index in [2.05, 4.69) is 4.98 Å². The Balaban J connectivity index is 2.38. The maximum Gasteiger partial charge on any atom is 0.256 e. The number of rotatable bonds is 3. The Morgan fingerprint density at radius 1 is 1.29 bits per heavy atom. The summed E-state index contributed by atoms with van der Waals surface area (Å²) in [6.45, 7) is 1.62. The van der Waals surface area contributed by atoms with E-state index in [1.165, 1.54) is 6.20 Å². The quantitative estimate of drug-likeness (QED) is 0.762. The zero-order chi connectivity index (χ0) is 12.3. The van der Waals surface area contributed by atoms with Crippen LogP contribution in [0.15, 0.2) is 36.5 Å². The van der Waals surface area contributed by atoms with Crippen molar-refractivity contribution in [3.63, 3.8) is 0 Å². The molecule has 0 atom stereocenters. The predicted molar refractivity (Wildman–Crippen MR) is 60.8 cm³/mol. The number of hydrogen-bond acceptors (Lipinski definition) is 3. The Labute approximate surface area is 97.9 Å². The summed E-state index contributed by atoms with van der Waals surface area (Å²) < 4.78 is 18.9. The third-order valence-corrected chi connectivity index (χ3v) is 2.30. The van der Waals surface area contributed by atoms with Crippen LogP contribution in [0.3, 0.4) is 0 Å². The fourth-order valence-electron chi connectivity index (χ4n) is 1.36. The van der Waals surface area contributed by atoms with Crippen LogP contribution in [0.2, 0.25) is 0 Å². The molecule has 0 aliphatic carbocycles. The zero-order valence-corrected chi connectivity index (χ0v) is 9.18. The number of carbonyl (C=O) groups excluding carboxylic acids is 1. The second kappa shape index (κ2) is 4.74. The van der Waals surface area contributed by atoms with E-state index in [4.69, 9.17) is 4.74 Å². The van der Waals surface area contributed by atoms with Gasteiger partial charge < -0.3 is 4.74 Å². The number of ether oxygens (including phenoxy) is 1. The first-order valence-corrected chi connectivity index (χ1v) is 5.05. The van der Waals surface area contributed by atoms with Gasteiger partial charge >= 0.3 is 0 Å². The van der Waals surface area contributed by atoms with Crippen molar-refractivity contribution in [3.8, 4) is 11.6 Å². The molecule has 86 valence electrons. The molecule has 0 saturated heterocycles. The fraction of sp³-hybridized carbons (Fsp3) is 0.0769. The highest BCUT2D eigenvalue weighted by Gasteiger charge is 2.10. The third kappa shape index (κ3) is 2.30. The fourth-order valence-corrected chi connectivity index (χ4v) is 1.36. The second-order valence-corrected chi connectivity index (χ2v) is 3.50. The minimum Gasteiger partial charge on any atom is -0.436 e. The third-order valence-electron chi connectivity index (χ3n) is 2.30. The van der Waals surface area contributed by atoms with Crippen LogP contribution in [0, 0.1) is 12.7 Å². The Morgan fingerprint density at radius 3 is 2.82 bits per heavy atom. The molecule has 0 amide bonds. The van der Waals surface area contributed by atoms with Crippen LogP contribution in [-0.2, 0) is 0 Å². The lowest BCUT2D eigenvalue weighted by molar-refractivity contribution is 0.112. The smallest absolute Gasteiger partial charge is 0.256 e. The molecule has 0 radical (unpaired) electrons. The summed E-state index contributed by atoms with van der Waals surface area (Å²) in [5.41, 5.74) is 0.800. The molecule has 0 bridgehead atoms. The summed E-state index contributed by atoms with van der Waals surface area (Å²) in [4.78, 5) is 14.6. The molecule has 1 heterocycles. The predicted octanol–water partition coefficient (Wildman–Crippen LogP) is 3.13. The average Bonchev–Trinajstić information content (AvgIpc) is 2.35. The molecular formula is C13H10FNO2. The number of aldehydes is 1. The van der Waals surface area contributed by atoms with Crippen LogP contribution in [-0.4, -0.2) is 11.3 Å². The number of para-hydroxylation sites is 1. The van der Waals surface area contributed by atoms with Gasteiger partial charge in [0.2, 0.25) is 0 Å². The number of pyridine rings is 1. The van der Waals surface area contributed by atoms with E-state index in [1.807, 2.05) is 0 Å². The summed E-state index contributed by atoms with van der Waals surface area (Å²) in [6, 6.07) is 8.14. The van der Waals surface area contributed by atoms with Gasteiger partial charge in [0.1, 0.15) is 5.75 Å². The van der Waals surface area contributed by atoms with Crippen LogP contribution in [0.5, 0.6) is 11.6 Å². The van der Waals surface area contributed by atoms with E-state index in [9.17, 15) is 9.18 Å². The number of halogens is 1. The number of hydrogen-bond donors (Lipinski definition) is 0. The summed E-state index contributed by atoms with van der Waals surface area (Å²) in [6.07, 6.45) is 2.11. The van der Waals surface area contributed by atoms with Gasteiger partial charge in [-0.15, -0.1) is 0 Å². The largest absolute Gasteiger partial charge is 0.436 e. The molecule has 0 unspecified atom stereocenters. The van der Waals surface area contributed by atoms with Crippen molar-refractivity contribution in [2.24, 2.45) is 0 Å². The number of aryl methyl sites for hydroxylation is 1. The van der Waals surface area contributed by atoms with Crippen LogP contribution in [0.25, 0.3) is 0 Å². The van der Waals surface area contributed by atoms with E-state index in [0.29, 0.717) is 23.2 Å². The molecule has 0 saturated carbocycles. The maximum absolute atomic E-state index is 13.6. The topological polar surface area (TPSA) is 39.2 Å². The van der Waals surface area contributed by atoms with Crippen molar-refractivity contribution >= 4 is 6.29 Å². The average molecular weight is 231 g/mol. The SMILES string of the molecule is Cc1ccnc(Oc2ccccc2C=O)c1F. The van der Waals surface area contributed by atoms with Crippen molar-refractivity contribution in [3.05, 3.63) is 53.5 Å². The Hall–Kier alpha value is -2.23. The van der Waals surface area contributed by atoms with Crippen LogP contribution in [0.1, 0.15) is 15.9 Å². The van der Waals surface area contributed by atoms with Gasteiger partial charge in [-0.25, -0.2) is 9.37 Å². The molecule has 2 aromatic rings. The normalized spacial score (nSPS) is 10.0. The van der Waals surface area contributed by atoms with E-state index < -0.39 is 5.82 Å². The molecule has 3 nitrogen and oxygen atoms in total. The molecule has 4 heteroatoms. The minimum atomic E-state index is -0.520. The molecule has 0 aliphatic rings. The molecule has 2 rings (SSSR count). The lowest BCUT2D eigenvalue weighted by Crippen LogP contribution is -1.96. The molecule has 0 N–H and O–H groups in total. The Bertz CT molecular complexity index is 555. The second-order valence-electron chi connectivity index (χ2n) is 3.50. The van der Waals surface area contributed by atoms with Crippen molar-refractivity contribution in [1.29, 1.82) is 0 Å². The van der Waals surface area contributed by atoms with Gasteiger partial charge in [0.15, 0.2) is 12.1 Å². The molecule has 17 heavy (non-hydrogen) atoms. The monoisotopic (exact) mass is 231 g/mol. The lowest BCUT2D eigenvalue weighted by atomic mass is 10.2. The van der Waals surface area contributed by atoms with Gasteiger partial charge in [0.05, 0.1) is 5.56 Å². The van der Waals surface area contributed by atoms with Crippen LogP contribution < -0.4 is 4.74 Å². The highest BCUT2D eigenvalue weighted by Crippen LogP contribution is 2.25. The number of nitrogens with zero attached hydrogens (tertiary/aromatic N) is 1. The molecule has 0 fully saturated rings. The minimum absolute atomic E-state index is 0.126. The number of aromatic nitrogens is 1. The van der Waals surface area contributed by atoms with Gasteiger partial charge in [0, 0.05) is 6.20 Å². The molecule has 0 aliphatic heterocycles. The van der Waals surface area contributed by atoms with Crippen LogP contribution in [0.4, 0.5) is 4.39 Å². The summed E-state index contributed by atoms with van der Waals surface area (Å²) in [7, 11) is 0. The standard InChI is InChI=1S/C13H10FNO2/c1-9-6-7-15-13(12(9)14)17-11-5-3-2-4-10(11)8-16/h2-8H,1H3. The summed E-state index contributed by atoms with van der Waals surface area (Å²) >= 11 is 0.